The number of rotatable bonds is 2. The van der Waals surface area contributed by atoms with Crippen LogP contribution in [0.5, 0.6) is 0 Å². The fraction of sp³-hybridized carbons (Fsp3) is 0.375. The predicted molar refractivity (Wildman–Crippen MR) is 51.5 cm³/mol. The molecule has 1 aliphatic rings. The number of imidazole rings is 1. The quantitative estimate of drug-likeness (QED) is 0.744. The van der Waals surface area contributed by atoms with Crippen LogP contribution in [0.4, 0.5) is 0 Å². The zero-order chi connectivity index (χ0) is 10.1. The van der Waals surface area contributed by atoms with Crippen molar-refractivity contribution in [1.29, 1.82) is 0 Å². The van der Waals surface area contributed by atoms with Crippen molar-refractivity contribution in [1.82, 2.24) is 9.55 Å². The first kappa shape index (κ1) is 11.7. The summed E-state index contributed by atoms with van der Waals surface area (Å²) in [7, 11) is 0. The summed E-state index contributed by atoms with van der Waals surface area (Å²) in [6.45, 7) is 1.13. The Hall–Kier alpha value is -1.40. The van der Waals surface area contributed by atoms with Crippen LogP contribution in [0.15, 0.2) is 0 Å². The van der Waals surface area contributed by atoms with Crippen molar-refractivity contribution in [3.63, 3.8) is 0 Å². The van der Waals surface area contributed by atoms with E-state index in [1.165, 1.54) is 4.57 Å². The predicted octanol–water partition coefficient (Wildman–Crippen LogP) is 0.346. The Morgan fingerprint density at radius 1 is 1.60 bits per heavy atom. The van der Waals surface area contributed by atoms with Gasteiger partial charge < -0.3 is 14.4 Å². The molecule has 0 aliphatic carbocycles. The number of carbonyl (C=O) groups is 2. The molecule has 82 valence electrons. The molecule has 0 aromatic carbocycles. The molecule has 0 atom stereocenters. The molecule has 0 spiro atoms. The van der Waals surface area contributed by atoms with Gasteiger partial charge in [-0.3, -0.25) is 4.79 Å². The lowest BCUT2D eigenvalue weighted by molar-refractivity contribution is 0.0640. The van der Waals surface area contributed by atoms with Gasteiger partial charge in [0.05, 0.1) is 6.61 Å². The summed E-state index contributed by atoms with van der Waals surface area (Å²) in [5.74, 6) is -0.636. The summed E-state index contributed by atoms with van der Waals surface area (Å²) < 4.78 is 6.61. The minimum atomic E-state index is -1.13. The topological polar surface area (TPSA) is 81.4 Å². The van der Waals surface area contributed by atoms with Crippen molar-refractivity contribution in [2.75, 3.05) is 6.61 Å². The van der Waals surface area contributed by atoms with E-state index in [1.807, 2.05) is 0 Å². The number of halogens is 1. The number of nitrogens with zero attached hydrogens (tertiary/aromatic N) is 2. The van der Waals surface area contributed by atoms with Crippen molar-refractivity contribution in [3.05, 3.63) is 17.2 Å². The molecule has 7 heteroatoms. The Morgan fingerprint density at radius 2 is 2.33 bits per heavy atom. The third-order valence-electron chi connectivity index (χ3n) is 2.08. The van der Waals surface area contributed by atoms with Gasteiger partial charge in [-0.1, -0.05) is 0 Å². The van der Waals surface area contributed by atoms with Gasteiger partial charge in [-0.05, 0) is 0 Å². The number of carboxylic acids is 1. The van der Waals surface area contributed by atoms with Crippen molar-refractivity contribution < 1.29 is 19.4 Å². The number of hydrogen-bond acceptors (Lipinski definition) is 4. The first-order valence-electron chi connectivity index (χ1n) is 4.09. The van der Waals surface area contributed by atoms with Gasteiger partial charge in [0.2, 0.25) is 0 Å². The zero-order valence-electron chi connectivity index (χ0n) is 7.67. The van der Waals surface area contributed by atoms with Crippen LogP contribution in [0.1, 0.15) is 26.8 Å². The second-order valence-electron chi connectivity index (χ2n) is 2.89. The van der Waals surface area contributed by atoms with Crippen LogP contribution < -0.4 is 0 Å². The number of aromatic carboxylic acids is 1. The maximum Gasteiger partial charge on any atom is 0.354 e. The highest BCUT2D eigenvalue weighted by Gasteiger charge is 2.23. The highest BCUT2D eigenvalue weighted by atomic mass is 35.5. The Labute approximate surface area is 91.3 Å². The summed E-state index contributed by atoms with van der Waals surface area (Å²) in [5.41, 5.74) is -0.0729. The second kappa shape index (κ2) is 4.41. The largest absolute Gasteiger partial charge is 0.477 e. The van der Waals surface area contributed by atoms with Gasteiger partial charge in [0.15, 0.2) is 12.0 Å². The van der Waals surface area contributed by atoms with Crippen LogP contribution in [0.3, 0.4) is 0 Å². The Bertz CT molecular complexity index is 402. The monoisotopic (exact) mass is 232 g/mol. The average Bonchev–Trinajstić information content (AvgIpc) is 2.55. The number of aromatic nitrogens is 2. The molecule has 0 unspecified atom stereocenters. The molecule has 0 saturated carbocycles. The summed E-state index contributed by atoms with van der Waals surface area (Å²) in [6, 6.07) is 0. The van der Waals surface area contributed by atoms with E-state index in [9.17, 15) is 9.59 Å². The Morgan fingerprint density at radius 3 is 2.93 bits per heavy atom. The molecule has 1 aromatic heterocycles. The van der Waals surface area contributed by atoms with Crippen LogP contribution in [0, 0.1) is 0 Å². The maximum absolute atomic E-state index is 10.9. The highest BCUT2D eigenvalue weighted by Crippen LogP contribution is 2.15. The summed E-state index contributed by atoms with van der Waals surface area (Å²) in [4.78, 5) is 25.3. The Kier molecular flexibility index (Phi) is 3.43. The molecule has 1 N–H and O–H groups in total. The van der Waals surface area contributed by atoms with Crippen molar-refractivity contribution >= 4 is 24.7 Å². The van der Waals surface area contributed by atoms with Crippen LogP contribution in [-0.2, 0) is 17.9 Å². The van der Waals surface area contributed by atoms with Gasteiger partial charge in [-0.2, -0.15) is 0 Å². The van der Waals surface area contributed by atoms with Gasteiger partial charge in [0.1, 0.15) is 18.1 Å². The smallest absolute Gasteiger partial charge is 0.354 e. The number of fused-ring (bicyclic) bond motifs is 1. The van der Waals surface area contributed by atoms with E-state index in [0.29, 0.717) is 25.3 Å². The van der Waals surface area contributed by atoms with Crippen molar-refractivity contribution in [2.45, 2.75) is 13.2 Å². The molecule has 2 heterocycles. The van der Waals surface area contributed by atoms with Crippen LogP contribution in [0.2, 0.25) is 0 Å². The number of carboxylic acid groups (broad SMARTS) is 1. The molecule has 6 nitrogen and oxygen atoms in total. The SMILES string of the molecule is Cl.O=Cc1nc2n(c1C(=O)O)CCOC2. The van der Waals surface area contributed by atoms with Crippen molar-refractivity contribution in [2.24, 2.45) is 0 Å². The van der Waals surface area contributed by atoms with Gasteiger partial charge in [-0.15, -0.1) is 12.4 Å². The van der Waals surface area contributed by atoms with Crippen LogP contribution in [0.25, 0.3) is 0 Å². The van der Waals surface area contributed by atoms with Crippen molar-refractivity contribution in [3.8, 4) is 0 Å². The molecule has 0 saturated heterocycles. The third kappa shape index (κ3) is 1.86. The lowest BCUT2D eigenvalue weighted by Crippen LogP contribution is -2.20. The summed E-state index contributed by atoms with van der Waals surface area (Å²) in [6.07, 6.45) is 0.453. The number of ether oxygens (including phenoxy) is 1. The Balaban J connectivity index is 0.00000112. The molecule has 15 heavy (non-hydrogen) atoms. The lowest BCUT2D eigenvalue weighted by atomic mass is 10.3. The summed E-state index contributed by atoms with van der Waals surface area (Å²) >= 11 is 0. The maximum atomic E-state index is 10.9. The normalized spacial score (nSPS) is 13.9. The number of carbonyl (C=O) groups excluding carboxylic acids is 1. The minimum Gasteiger partial charge on any atom is -0.477 e. The van der Waals surface area contributed by atoms with Gasteiger partial charge in [0.25, 0.3) is 0 Å². The van der Waals surface area contributed by atoms with E-state index < -0.39 is 5.97 Å². The standard InChI is InChI=1S/C8H8N2O4.ClH/c11-3-5-7(8(12)13)10-1-2-14-4-6(10)9-5;/h3H,1-2,4H2,(H,12,13);1H. The van der Waals surface area contributed by atoms with E-state index in [4.69, 9.17) is 9.84 Å². The van der Waals surface area contributed by atoms with Gasteiger partial charge in [-0.25, -0.2) is 9.78 Å². The first-order valence-corrected chi connectivity index (χ1v) is 4.09. The molecule has 1 aromatic rings. The minimum absolute atomic E-state index is 0. The molecule has 0 radical (unpaired) electrons. The molecular formula is C8H9ClN2O4. The fourth-order valence-electron chi connectivity index (χ4n) is 1.50. The molecule has 0 amide bonds. The molecule has 1 aliphatic heterocycles. The molecule has 0 bridgehead atoms. The van der Waals surface area contributed by atoms with Crippen LogP contribution in [-0.4, -0.2) is 33.5 Å². The van der Waals surface area contributed by atoms with E-state index in [-0.39, 0.29) is 30.4 Å². The highest BCUT2D eigenvalue weighted by molar-refractivity contribution is 5.94. The molecule has 2 rings (SSSR count). The van der Waals surface area contributed by atoms with Gasteiger partial charge in [0, 0.05) is 6.54 Å². The van der Waals surface area contributed by atoms with E-state index in [0.717, 1.165) is 0 Å². The summed E-state index contributed by atoms with van der Waals surface area (Å²) in [5, 5.41) is 8.88. The van der Waals surface area contributed by atoms with E-state index in [2.05, 4.69) is 4.98 Å². The van der Waals surface area contributed by atoms with E-state index in [1.54, 1.807) is 0 Å². The zero-order valence-corrected chi connectivity index (χ0v) is 8.49. The molecular weight excluding hydrogens is 224 g/mol. The number of hydrogen-bond donors (Lipinski definition) is 1. The lowest BCUT2D eigenvalue weighted by Gasteiger charge is -2.15. The first-order chi connectivity index (χ1) is 6.74. The van der Waals surface area contributed by atoms with E-state index >= 15 is 0 Å². The van der Waals surface area contributed by atoms with Crippen LogP contribution >= 0.6 is 12.4 Å². The average molecular weight is 233 g/mol. The fourth-order valence-corrected chi connectivity index (χ4v) is 1.50. The third-order valence-corrected chi connectivity index (χ3v) is 2.08. The molecule has 0 fully saturated rings. The number of aldehydes is 1. The van der Waals surface area contributed by atoms with Gasteiger partial charge >= 0.3 is 5.97 Å². The second-order valence-corrected chi connectivity index (χ2v) is 2.89.